The zero-order valence-corrected chi connectivity index (χ0v) is 7.16. The van der Waals surface area contributed by atoms with Crippen LogP contribution in [0.5, 0.6) is 0 Å². The normalized spacial score (nSPS) is 39.8. The van der Waals surface area contributed by atoms with Crippen LogP contribution in [0.2, 0.25) is 0 Å². The van der Waals surface area contributed by atoms with Crippen LogP contribution in [-0.4, -0.2) is 35.2 Å². The van der Waals surface area contributed by atoms with Gasteiger partial charge in [-0.3, -0.25) is 4.90 Å². The van der Waals surface area contributed by atoms with Crippen molar-refractivity contribution in [1.29, 1.82) is 0 Å². The zero-order chi connectivity index (χ0) is 7.84. The van der Waals surface area contributed by atoms with Gasteiger partial charge in [0.2, 0.25) is 0 Å². The van der Waals surface area contributed by atoms with Gasteiger partial charge < -0.3 is 5.11 Å². The van der Waals surface area contributed by atoms with E-state index < -0.39 is 0 Å². The van der Waals surface area contributed by atoms with Crippen molar-refractivity contribution in [2.75, 3.05) is 13.1 Å². The van der Waals surface area contributed by atoms with E-state index in [1.807, 2.05) is 0 Å². The minimum atomic E-state index is -0.0521. The predicted molar refractivity (Wildman–Crippen MR) is 44.4 cm³/mol. The molecule has 0 radical (unpaired) electrons. The lowest BCUT2D eigenvalue weighted by Gasteiger charge is -2.19. The van der Waals surface area contributed by atoms with Crippen LogP contribution in [0.1, 0.15) is 26.2 Å². The lowest BCUT2D eigenvalue weighted by molar-refractivity contribution is 0.173. The summed E-state index contributed by atoms with van der Waals surface area (Å²) in [5.74, 6) is 0.961. The molecule has 64 valence electrons. The number of rotatable bonds is 2. The van der Waals surface area contributed by atoms with E-state index in [-0.39, 0.29) is 6.10 Å². The third-order valence-corrected chi connectivity index (χ3v) is 2.87. The Morgan fingerprint density at radius 1 is 1.45 bits per heavy atom. The molecule has 2 fully saturated rings. The molecule has 1 aliphatic heterocycles. The molecule has 0 bridgehead atoms. The molecule has 1 saturated carbocycles. The van der Waals surface area contributed by atoms with Crippen LogP contribution in [-0.2, 0) is 0 Å². The summed E-state index contributed by atoms with van der Waals surface area (Å²) in [6.45, 7) is 4.37. The first kappa shape index (κ1) is 7.56. The first-order valence-electron chi connectivity index (χ1n) is 4.68. The molecule has 0 spiro atoms. The van der Waals surface area contributed by atoms with Crippen molar-refractivity contribution >= 4 is 0 Å². The van der Waals surface area contributed by atoms with E-state index in [4.69, 9.17) is 0 Å². The fraction of sp³-hybridized carbons (Fsp3) is 1.00. The molecule has 1 aliphatic carbocycles. The maximum Gasteiger partial charge on any atom is 0.0682 e. The molecular formula is C9H17NO. The van der Waals surface area contributed by atoms with Gasteiger partial charge in [0.25, 0.3) is 0 Å². The largest absolute Gasteiger partial charge is 0.392 e. The van der Waals surface area contributed by atoms with Crippen molar-refractivity contribution in [3.8, 4) is 0 Å². The first-order chi connectivity index (χ1) is 5.25. The third kappa shape index (κ3) is 1.74. The highest BCUT2D eigenvalue weighted by atomic mass is 16.3. The molecule has 2 nitrogen and oxygen atoms in total. The number of β-amino-alcohol motifs (C(OH)–C–C–N with tert-alkyl or cyclic N) is 1. The fourth-order valence-electron chi connectivity index (χ4n) is 1.95. The van der Waals surface area contributed by atoms with Crippen LogP contribution < -0.4 is 0 Å². The summed E-state index contributed by atoms with van der Waals surface area (Å²) >= 11 is 0. The molecule has 0 unspecified atom stereocenters. The van der Waals surface area contributed by atoms with Crippen LogP contribution in [0.4, 0.5) is 0 Å². The molecule has 0 aromatic carbocycles. The number of nitrogens with zero attached hydrogens (tertiary/aromatic N) is 1. The van der Waals surface area contributed by atoms with Gasteiger partial charge in [-0.15, -0.1) is 0 Å². The second-order valence-electron chi connectivity index (χ2n) is 4.14. The van der Waals surface area contributed by atoms with Gasteiger partial charge in [-0.2, -0.15) is 0 Å². The van der Waals surface area contributed by atoms with Crippen LogP contribution in [0.25, 0.3) is 0 Å². The Morgan fingerprint density at radius 3 is 2.64 bits per heavy atom. The van der Waals surface area contributed by atoms with Gasteiger partial charge in [0.05, 0.1) is 6.10 Å². The van der Waals surface area contributed by atoms with Gasteiger partial charge in [-0.1, -0.05) is 0 Å². The molecular weight excluding hydrogens is 138 g/mol. The van der Waals surface area contributed by atoms with Gasteiger partial charge in [-0.25, -0.2) is 0 Å². The summed E-state index contributed by atoms with van der Waals surface area (Å²) in [5.41, 5.74) is 0. The highest BCUT2D eigenvalue weighted by molar-refractivity contribution is 4.86. The Labute approximate surface area is 68.2 Å². The molecule has 2 rings (SSSR count). The van der Waals surface area contributed by atoms with Gasteiger partial charge in [0.1, 0.15) is 0 Å². The summed E-state index contributed by atoms with van der Waals surface area (Å²) in [7, 11) is 0. The summed E-state index contributed by atoms with van der Waals surface area (Å²) in [4.78, 5) is 2.43. The quantitative estimate of drug-likeness (QED) is 0.639. The summed E-state index contributed by atoms with van der Waals surface area (Å²) < 4.78 is 0. The Bertz CT molecular complexity index is 144. The molecule has 2 heteroatoms. The average Bonchev–Trinajstić information content (AvgIpc) is 2.64. The van der Waals surface area contributed by atoms with E-state index in [1.165, 1.54) is 19.4 Å². The summed E-state index contributed by atoms with van der Waals surface area (Å²) in [6, 6.07) is 0.616. The summed E-state index contributed by atoms with van der Waals surface area (Å²) in [5, 5.41) is 9.36. The standard InChI is InChI=1S/C9H17NO/c1-7-4-9(11)6-10(7)5-8-2-3-8/h7-9,11H,2-6H2,1H3/t7-,9-/m0/s1. The van der Waals surface area contributed by atoms with E-state index in [2.05, 4.69) is 11.8 Å². The lowest BCUT2D eigenvalue weighted by atomic mass is 10.2. The minimum Gasteiger partial charge on any atom is -0.392 e. The number of hydrogen-bond acceptors (Lipinski definition) is 2. The Kier molecular flexibility index (Phi) is 1.90. The minimum absolute atomic E-state index is 0.0521. The van der Waals surface area contributed by atoms with Crippen LogP contribution in [0, 0.1) is 5.92 Å². The van der Waals surface area contributed by atoms with Crippen molar-refractivity contribution < 1.29 is 5.11 Å². The van der Waals surface area contributed by atoms with Crippen molar-refractivity contribution in [3.63, 3.8) is 0 Å². The van der Waals surface area contributed by atoms with Gasteiger partial charge >= 0.3 is 0 Å². The van der Waals surface area contributed by atoms with Crippen molar-refractivity contribution in [1.82, 2.24) is 4.90 Å². The highest BCUT2D eigenvalue weighted by Crippen LogP contribution is 2.32. The molecule has 0 aromatic heterocycles. The van der Waals surface area contributed by atoms with Gasteiger partial charge in [-0.05, 0) is 32.1 Å². The highest BCUT2D eigenvalue weighted by Gasteiger charge is 2.32. The Morgan fingerprint density at radius 2 is 2.18 bits per heavy atom. The maximum atomic E-state index is 9.36. The fourth-order valence-corrected chi connectivity index (χ4v) is 1.95. The first-order valence-corrected chi connectivity index (χ1v) is 4.68. The predicted octanol–water partition coefficient (Wildman–Crippen LogP) is 0.851. The molecule has 2 aliphatic rings. The van der Waals surface area contributed by atoms with E-state index >= 15 is 0 Å². The van der Waals surface area contributed by atoms with Crippen LogP contribution >= 0.6 is 0 Å². The van der Waals surface area contributed by atoms with Crippen molar-refractivity contribution in [3.05, 3.63) is 0 Å². The van der Waals surface area contributed by atoms with Crippen LogP contribution in [0.15, 0.2) is 0 Å². The molecule has 0 amide bonds. The Hall–Kier alpha value is -0.0800. The topological polar surface area (TPSA) is 23.5 Å². The van der Waals surface area contributed by atoms with E-state index in [9.17, 15) is 5.11 Å². The van der Waals surface area contributed by atoms with Gasteiger partial charge in [0, 0.05) is 19.1 Å². The number of aliphatic hydroxyl groups excluding tert-OH is 1. The average molecular weight is 155 g/mol. The van der Waals surface area contributed by atoms with Crippen LogP contribution in [0.3, 0.4) is 0 Å². The SMILES string of the molecule is C[C@H]1C[C@H](O)CN1CC1CC1. The monoisotopic (exact) mass is 155 g/mol. The number of hydrogen-bond donors (Lipinski definition) is 1. The van der Waals surface area contributed by atoms with Gasteiger partial charge in [0.15, 0.2) is 0 Å². The summed E-state index contributed by atoms with van der Waals surface area (Å²) in [6.07, 6.45) is 3.76. The second-order valence-corrected chi connectivity index (χ2v) is 4.14. The smallest absolute Gasteiger partial charge is 0.0682 e. The second kappa shape index (κ2) is 2.76. The van der Waals surface area contributed by atoms with Crippen molar-refractivity contribution in [2.45, 2.75) is 38.3 Å². The molecule has 1 N–H and O–H groups in total. The molecule has 0 aromatic rings. The molecule has 11 heavy (non-hydrogen) atoms. The third-order valence-electron chi connectivity index (χ3n) is 2.87. The number of aliphatic hydroxyl groups is 1. The molecule has 1 saturated heterocycles. The number of likely N-dealkylation sites (tertiary alicyclic amines) is 1. The van der Waals surface area contributed by atoms with E-state index in [0.717, 1.165) is 18.9 Å². The molecule has 1 heterocycles. The molecule has 2 atom stereocenters. The van der Waals surface area contributed by atoms with E-state index in [1.54, 1.807) is 0 Å². The van der Waals surface area contributed by atoms with Crippen molar-refractivity contribution in [2.24, 2.45) is 5.92 Å². The maximum absolute atomic E-state index is 9.36. The zero-order valence-electron chi connectivity index (χ0n) is 7.16. The lowest BCUT2D eigenvalue weighted by Crippen LogP contribution is -2.29. The Balaban J connectivity index is 1.82. The van der Waals surface area contributed by atoms with E-state index in [0.29, 0.717) is 6.04 Å².